The minimum atomic E-state index is -0.389. The molecule has 1 saturated carbocycles. The average Bonchev–Trinajstić information content (AvgIpc) is 3.55. The van der Waals surface area contributed by atoms with E-state index in [0.29, 0.717) is 35.4 Å². The Labute approximate surface area is 229 Å². The lowest BCUT2D eigenvalue weighted by Crippen LogP contribution is -2.31. The van der Waals surface area contributed by atoms with Gasteiger partial charge in [0, 0.05) is 36.8 Å². The third-order valence-electron chi connectivity index (χ3n) is 7.17. The van der Waals surface area contributed by atoms with Crippen LogP contribution in [0.25, 0.3) is 5.52 Å². The lowest BCUT2D eigenvalue weighted by Gasteiger charge is -2.17. The van der Waals surface area contributed by atoms with E-state index in [1.54, 1.807) is 16.8 Å². The Morgan fingerprint density at radius 3 is 2.62 bits per heavy atom. The zero-order valence-electron chi connectivity index (χ0n) is 22.5. The van der Waals surface area contributed by atoms with Crippen molar-refractivity contribution in [3.63, 3.8) is 0 Å². The number of hydrogen-bond donors (Lipinski definition) is 2. The smallest absolute Gasteiger partial charge is 0.332 e. The van der Waals surface area contributed by atoms with Crippen LogP contribution < -0.4 is 15.5 Å². The molecule has 13 heteroatoms. The monoisotopic (exact) mass is 540 g/mol. The van der Waals surface area contributed by atoms with Crippen molar-refractivity contribution in [2.24, 2.45) is 5.92 Å². The lowest BCUT2D eigenvalue weighted by atomic mass is 10.2. The summed E-state index contributed by atoms with van der Waals surface area (Å²) in [4.78, 5) is 57.3. The Morgan fingerprint density at radius 1 is 1.07 bits per heavy atom. The SMILES string of the molecule is Cc1cc(N2CC(=O)N(C)C2=O)n2nc([C@H](C)Nc3cc(NC(=O)C4CC4c4nccc(C)n4)ncn3)cc2c1. The number of aromatic nitrogens is 6. The molecule has 6 rings (SSSR count). The van der Waals surface area contributed by atoms with E-state index in [2.05, 4.69) is 30.6 Å². The van der Waals surface area contributed by atoms with Crippen molar-refractivity contribution in [3.05, 3.63) is 65.6 Å². The number of imide groups is 1. The van der Waals surface area contributed by atoms with E-state index >= 15 is 0 Å². The molecule has 4 aromatic rings. The molecule has 0 spiro atoms. The second-order valence-electron chi connectivity index (χ2n) is 10.3. The van der Waals surface area contributed by atoms with E-state index in [-0.39, 0.29) is 42.3 Å². The van der Waals surface area contributed by atoms with Gasteiger partial charge in [-0.1, -0.05) is 0 Å². The molecule has 13 nitrogen and oxygen atoms in total. The van der Waals surface area contributed by atoms with E-state index in [9.17, 15) is 14.4 Å². The second-order valence-corrected chi connectivity index (χ2v) is 10.3. The van der Waals surface area contributed by atoms with E-state index in [0.717, 1.165) is 21.7 Å². The molecule has 4 amide bonds. The maximum absolute atomic E-state index is 12.8. The first-order valence-electron chi connectivity index (χ1n) is 13.0. The van der Waals surface area contributed by atoms with Crippen molar-refractivity contribution in [1.82, 2.24) is 34.4 Å². The average molecular weight is 541 g/mol. The molecule has 0 aromatic carbocycles. The Bertz CT molecular complexity index is 1670. The Morgan fingerprint density at radius 2 is 1.88 bits per heavy atom. The molecule has 0 bridgehead atoms. The van der Waals surface area contributed by atoms with Crippen molar-refractivity contribution >= 4 is 40.8 Å². The molecule has 40 heavy (non-hydrogen) atoms. The summed E-state index contributed by atoms with van der Waals surface area (Å²) in [6, 6.07) is 8.57. The highest BCUT2D eigenvalue weighted by atomic mass is 16.2. The molecule has 3 atom stereocenters. The summed E-state index contributed by atoms with van der Waals surface area (Å²) in [5, 5.41) is 10.9. The van der Waals surface area contributed by atoms with Gasteiger partial charge in [0.2, 0.25) is 5.91 Å². The van der Waals surface area contributed by atoms with Crippen LogP contribution in [-0.2, 0) is 9.59 Å². The summed E-state index contributed by atoms with van der Waals surface area (Å²) in [6.07, 6.45) is 3.80. The van der Waals surface area contributed by atoms with E-state index < -0.39 is 0 Å². The second kappa shape index (κ2) is 9.67. The first-order valence-corrected chi connectivity index (χ1v) is 13.0. The third kappa shape index (κ3) is 4.70. The molecular formula is C27H28N10O3. The molecule has 1 aliphatic carbocycles. The Balaban J connectivity index is 1.16. The van der Waals surface area contributed by atoms with E-state index in [4.69, 9.17) is 5.10 Å². The first-order chi connectivity index (χ1) is 19.2. The number of carbonyl (C=O) groups excluding carboxylic acids is 3. The van der Waals surface area contributed by atoms with Crippen LogP contribution in [0.15, 0.2) is 42.9 Å². The summed E-state index contributed by atoms with van der Waals surface area (Å²) in [5.41, 5.74) is 3.32. The number of nitrogens with zero attached hydrogens (tertiary/aromatic N) is 8. The standard InChI is InChI=1S/C27H28N10O3/c1-14-7-17-9-20(34-37(17)23(8-14)36-12-24(38)35(4)27(36)40)16(3)32-21-11-22(30-13-29-21)33-26(39)19-10-18(19)25-28-6-5-15(2)31-25/h5-9,11,13,16,18-19H,10,12H2,1-4H3,(H2,29,30,32,33,39)/t16-,18?,19?/m0/s1. The number of nitrogens with one attached hydrogen (secondary N) is 2. The Hall–Kier alpha value is -4.94. The maximum atomic E-state index is 12.8. The van der Waals surface area contributed by atoms with Crippen molar-refractivity contribution in [1.29, 1.82) is 0 Å². The van der Waals surface area contributed by atoms with Crippen LogP contribution in [0.1, 0.15) is 48.1 Å². The highest BCUT2D eigenvalue weighted by molar-refractivity contribution is 6.11. The van der Waals surface area contributed by atoms with Gasteiger partial charge in [-0.2, -0.15) is 5.10 Å². The van der Waals surface area contributed by atoms with Gasteiger partial charge in [0.25, 0.3) is 5.91 Å². The highest BCUT2D eigenvalue weighted by Gasteiger charge is 2.46. The molecule has 2 N–H and O–H groups in total. The summed E-state index contributed by atoms with van der Waals surface area (Å²) < 4.78 is 1.67. The van der Waals surface area contributed by atoms with Crippen LogP contribution in [0.5, 0.6) is 0 Å². The summed E-state index contributed by atoms with van der Waals surface area (Å²) in [5.74, 6) is 1.54. The minimum absolute atomic E-state index is 0.0114. The predicted octanol–water partition coefficient (Wildman–Crippen LogP) is 2.84. The van der Waals surface area contributed by atoms with Crippen LogP contribution in [0.4, 0.5) is 22.2 Å². The van der Waals surface area contributed by atoms with Crippen molar-refractivity contribution in [2.45, 2.75) is 39.2 Å². The predicted molar refractivity (Wildman–Crippen MR) is 146 cm³/mol. The number of rotatable bonds is 7. The molecule has 0 radical (unpaired) electrons. The number of hydrogen-bond acceptors (Lipinski definition) is 9. The molecule has 2 unspecified atom stereocenters. The molecule has 204 valence electrons. The highest BCUT2D eigenvalue weighted by Crippen LogP contribution is 2.46. The summed E-state index contributed by atoms with van der Waals surface area (Å²) in [7, 11) is 1.47. The van der Waals surface area contributed by atoms with Crippen LogP contribution >= 0.6 is 0 Å². The van der Waals surface area contributed by atoms with Gasteiger partial charge in [0.05, 0.1) is 17.3 Å². The van der Waals surface area contributed by atoms with Gasteiger partial charge in [-0.15, -0.1) is 0 Å². The first kappa shape index (κ1) is 25.3. The number of pyridine rings is 1. The van der Waals surface area contributed by atoms with Crippen LogP contribution in [0.2, 0.25) is 0 Å². The van der Waals surface area contributed by atoms with Crippen LogP contribution in [-0.4, -0.2) is 65.9 Å². The third-order valence-corrected chi connectivity index (χ3v) is 7.17. The molecule has 1 saturated heterocycles. The largest absolute Gasteiger partial charge is 0.362 e. The van der Waals surface area contributed by atoms with Gasteiger partial charge in [0.1, 0.15) is 36.2 Å². The number of aryl methyl sites for hydroxylation is 2. The number of carbonyl (C=O) groups is 3. The minimum Gasteiger partial charge on any atom is -0.362 e. The molecule has 2 fully saturated rings. The van der Waals surface area contributed by atoms with Crippen LogP contribution in [0.3, 0.4) is 0 Å². The number of anilines is 3. The van der Waals surface area contributed by atoms with Gasteiger partial charge < -0.3 is 10.6 Å². The number of likely N-dealkylation sites (N-methyl/N-ethyl adjacent to an activating group) is 1. The van der Waals surface area contributed by atoms with Crippen molar-refractivity contribution < 1.29 is 14.4 Å². The zero-order chi connectivity index (χ0) is 28.1. The van der Waals surface area contributed by atoms with Gasteiger partial charge in [-0.05, 0) is 57.0 Å². The van der Waals surface area contributed by atoms with E-state index in [1.807, 2.05) is 45.0 Å². The number of fused-ring (bicyclic) bond motifs is 1. The fraction of sp³-hybridized carbons (Fsp3) is 0.333. The molecule has 1 aliphatic heterocycles. The van der Waals surface area contributed by atoms with Gasteiger partial charge in [-0.3, -0.25) is 19.4 Å². The molecule has 4 aromatic heterocycles. The number of amides is 4. The molecule has 2 aliphatic rings. The quantitative estimate of drug-likeness (QED) is 0.337. The topological polar surface area (TPSA) is 151 Å². The van der Waals surface area contributed by atoms with E-state index in [1.165, 1.54) is 18.3 Å². The van der Waals surface area contributed by atoms with Gasteiger partial charge in [0.15, 0.2) is 0 Å². The van der Waals surface area contributed by atoms with Gasteiger partial charge in [-0.25, -0.2) is 29.2 Å². The summed E-state index contributed by atoms with van der Waals surface area (Å²) in [6.45, 7) is 5.73. The summed E-state index contributed by atoms with van der Waals surface area (Å²) >= 11 is 0. The Kier molecular flexibility index (Phi) is 6.12. The zero-order valence-corrected chi connectivity index (χ0v) is 22.5. The maximum Gasteiger partial charge on any atom is 0.332 e. The number of urea groups is 1. The van der Waals surface area contributed by atoms with Gasteiger partial charge >= 0.3 is 6.03 Å². The van der Waals surface area contributed by atoms with Crippen molar-refractivity contribution in [3.8, 4) is 0 Å². The van der Waals surface area contributed by atoms with Crippen LogP contribution in [0, 0.1) is 19.8 Å². The lowest BCUT2D eigenvalue weighted by molar-refractivity contribution is -0.124. The molecule has 5 heterocycles. The normalized spacial score (nSPS) is 19.3. The van der Waals surface area contributed by atoms with Crippen molar-refractivity contribution in [2.75, 3.05) is 29.1 Å². The molecular weight excluding hydrogens is 512 g/mol. The fourth-order valence-electron chi connectivity index (χ4n) is 4.86. The fourth-order valence-corrected chi connectivity index (χ4v) is 4.86.